The lowest BCUT2D eigenvalue weighted by atomic mass is 10.1. The van der Waals surface area contributed by atoms with Crippen LogP contribution in [0.2, 0.25) is 0 Å². The molecule has 0 aromatic heterocycles. The summed E-state index contributed by atoms with van der Waals surface area (Å²) < 4.78 is 5.01. The molecule has 0 spiro atoms. The average Bonchev–Trinajstić information content (AvgIpc) is 2.27. The van der Waals surface area contributed by atoms with E-state index in [2.05, 4.69) is 17.2 Å². The highest BCUT2D eigenvalue weighted by Crippen LogP contribution is 2.06. The highest BCUT2D eigenvalue weighted by Gasteiger charge is 2.22. The Kier molecular flexibility index (Phi) is 8.27. The van der Waals surface area contributed by atoms with Gasteiger partial charge in [-0.1, -0.05) is 20.3 Å². The maximum Gasteiger partial charge on any atom is 0.251 e. The number of carbonyl (C=O) groups is 1. The van der Waals surface area contributed by atoms with Crippen LogP contribution in [0.15, 0.2) is 0 Å². The van der Waals surface area contributed by atoms with Crippen molar-refractivity contribution in [3.8, 4) is 0 Å². The van der Waals surface area contributed by atoms with E-state index in [4.69, 9.17) is 10.6 Å². The molecule has 0 aromatic carbocycles. The Hall–Kier alpha value is -0.650. The molecule has 0 heterocycles. The molecule has 15 heavy (non-hydrogen) atoms. The molecule has 3 N–H and O–H groups in total. The van der Waals surface area contributed by atoms with Gasteiger partial charge >= 0.3 is 0 Å². The van der Waals surface area contributed by atoms with Crippen molar-refractivity contribution in [2.24, 2.45) is 5.84 Å². The molecule has 1 unspecified atom stereocenters. The summed E-state index contributed by atoms with van der Waals surface area (Å²) in [5, 5.41) is 0. The highest BCUT2D eigenvalue weighted by molar-refractivity contribution is 5.81. The Morgan fingerprint density at radius 3 is 2.60 bits per heavy atom. The van der Waals surface area contributed by atoms with E-state index in [-0.39, 0.29) is 11.9 Å². The molecular formula is C10H23N3O2. The van der Waals surface area contributed by atoms with Crippen LogP contribution in [0.4, 0.5) is 0 Å². The van der Waals surface area contributed by atoms with Crippen molar-refractivity contribution in [2.45, 2.75) is 32.7 Å². The summed E-state index contributed by atoms with van der Waals surface area (Å²) in [4.78, 5) is 13.6. The Bertz CT molecular complexity index is 176. The summed E-state index contributed by atoms with van der Waals surface area (Å²) in [6, 6.07) is -0.139. The van der Waals surface area contributed by atoms with Crippen molar-refractivity contribution in [3.63, 3.8) is 0 Å². The molecule has 0 radical (unpaired) electrons. The molecule has 90 valence electrons. The maximum atomic E-state index is 11.5. The van der Waals surface area contributed by atoms with Crippen molar-refractivity contribution in [2.75, 3.05) is 26.8 Å². The topological polar surface area (TPSA) is 67.6 Å². The quantitative estimate of drug-likeness (QED) is 0.344. The van der Waals surface area contributed by atoms with Gasteiger partial charge in [0, 0.05) is 13.7 Å². The second kappa shape index (κ2) is 8.64. The Balaban J connectivity index is 4.32. The molecule has 0 aliphatic heterocycles. The van der Waals surface area contributed by atoms with Crippen molar-refractivity contribution in [3.05, 3.63) is 0 Å². The van der Waals surface area contributed by atoms with E-state index in [0.717, 1.165) is 25.9 Å². The second-order valence-corrected chi connectivity index (χ2v) is 3.43. The molecule has 0 rings (SSSR count). The fraction of sp³-hybridized carbons (Fsp3) is 0.900. The normalized spacial score (nSPS) is 12.9. The number of amides is 1. The minimum atomic E-state index is -0.139. The number of hydrogen-bond donors (Lipinski definition) is 2. The van der Waals surface area contributed by atoms with Gasteiger partial charge in [0.15, 0.2) is 0 Å². The number of nitrogens with two attached hydrogens (primary N) is 1. The molecule has 0 saturated carbocycles. The standard InChI is InChI=1S/C10H23N3O2/c1-4-6-9(10(14)12-11)13(5-2)7-8-15-3/h9H,4-8,11H2,1-3H3,(H,12,14). The Morgan fingerprint density at radius 1 is 1.53 bits per heavy atom. The number of hydrazine groups is 1. The first-order chi connectivity index (χ1) is 7.21. The number of methoxy groups -OCH3 is 1. The smallest absolute Gasteiger partial charge is 0.251 e. The maximum absolute atomic E-state index is 11.5. The number of nitrogens with zero attached hydrogens (tertiary/aromatic N) is 1. The summed E-state index contributed by atoms with van der Waals surface area (Å²) in [6.07, 6.45) is 1.78. The van der Waals surface area contributed by atoms with Crippen LogP contribution in [0.5, 0.6) is 0 Å². The Morgan fingerprint density at radius 2 is 2.20 bits per heavy atom. The van der Waals surface area contributed by atoms with Crippen LogP contribution in [0.1, 0.15) is 26.7 Å². The molecule has 0 fully saturated rings. The van der Waals surface area contributed by atoms with Gasteiger partial charge in [0.1, 0.15) is 0 Å². The number of likely N-dealkylation sites (N-methyl/N-ethyl adjacent to an activating group) is 1. The largest absolute Gasteiger partial charge is 0.383 e. The predicted octanol–water partition coefficient (Wildman–Crippen LogP) is 0.113. The second-order valence-electron chi connectivity index (χ2n) is 3.43. The number of rotatable bonds is 8. The van der Waals surface area contributed by atoms with Crippen molar-refractivity contribution in [1.29, 1.82) is 0 Å². The molecule has 1 atom stereocenters. The van der Waals surface area contributed by atoms with E-state index in [0.29, 0.717) is 6.61 Å². The monoisotopic (exact) mass is 217 g/mol. The molecule has 1 amide bonds. The van der Waals surface area contributed by atoms with Crippen LogP contribution in [0, 0.1) is 0 Å². The molecule has 5 heteroatoms. The van der Waals surface area contributed by atoms with Crippen LogP contribution in [-0.4, -0.2) is 43.7 Å². The molecule has 0 aromatic rings. The van der Waals surface area contributed by atoms with Gasteiger partial charge in [-0.2, -0.15) is 0 Å². The predicted molar refractivity (Wildman–Crippen MR) is 60.1 cm³/mol. The number of hydrogen-bond acceptors (Lipinski definition) is 4. The zero-order valence-corrected chi connectivity index (χ0v) is 9.95. The lowest BCUT2D eigenvalue weighted by Gasteiger charge is -2.28. The van der Waals surface area contributed by atoms with Gasteiger partial charge in [0.25, 0.3) is 5.91 Å². The van der Waals surface area contributed by atoms with Crippen LogP contribution in [0.25, 0.3) is 0 Å². The molecule has 0 aliphatic carbocycles. The molecule has 0 aliphatic rings. The molecular weight excluding hydrogens is 194 g/mol. The van der Waals surface area contributed by atoms with Crippen LogP contribution >= 0.6 is 0 Å². The third-order valence-corrected chi connectivity index (χ3v) is 2.44. The zero-order valence-electron chi connectivity index (χ0n) is 9.95. The first-order valence-corrected chi connectivity index (χ1v) is 5.44. The SMILES string of the molecule is CCCC(C(=O)NN)N(CC)CCOC. The zero-order chi connectivity index (χ0) is 11.7. The van der Waals surface area contributed by atoms with Crippen LogP contribution in [0.3, 0.4) is 0 Å². The van der Waals surface area contributed by atoms with Gasteiger partial charge in [-0.3, -0.25) is 15.1 Å². The summed E-state index contributed by atoms with van der Waals surface area (Å²) in [5.41, 5.74) is 2.22. The van der Waals surface area contributed by atoms with Crippen LogP contribution < -0.4 is 11.3 Å². The lowest BCUT2D eigenvalue weighted by molar-refractivity contribution is -0.127. The van der Waals surface area contributed by atoms with Gasteiger partial charge < -0.3 is 4.74 Å². The van der Waals surface area contributed by atoms with E-state index in [1.54, 1.807) is 7.11 Å². The fourth-order valence-corrected chi connectivity index (χ4v) is 1.59. The summed E-state index contributed by atoms with van der Waals surface area (Å²) >= 11 is 0. The third kappa shape index (κ3) is 5.11. The fourth-order valence-electron chi connectivity index (χ4n) is 1.59. The minimum absolute atomic E-state index is 0.116. The Labute approximate surface area is 91.9 Å². The van der Waals surface area contributed by atoms with Crippen molar-refractivity contribution < 1.29 is 9.53 Å². The van der Waals surface area contributed by atoms with Crippen LogP contribution in [-0.2, 0) is 9.53 Å². The van der Waals surface area contributed by atoms with E-state index in [1.165, 1.54) is 0 Å². The number of carbonyl (C=O) groups excluding carboxylic acids is 1. The van der Waals surface area contributed by atoms with E-state index in [9.17, 15) is 4.79 Å². The number of ether oxygens (including phenoxy) is 1. The van der Waals surface area contributed by atoms with Gasteiger partial charge in [-0.25, -0.2) is 5.84 Å². The average molecular weight is 217 g/mol. The summed E-state index contributed by atoms with van der Waals surface area (Å²) in [7, 11) is 1.66. The number of nitrogens with one attached hydrogen (secondary N) is 1. The minimum Gasteiger partial charge on any atom is -0.383 e. The van der Waals surface area contributed by atoms with Crippen molar-refractivity contribution >= 4 is 5.91 Å². The van der Waals surface area contributed by atoms with Gasteiger partial charge in [0.2, 0.25) is 0 Å². The van der Waals surface area contributed by atoms with E-state index < -0.39 is 0 Å². The third-order valence-electron chi connectivity index (χ3n) is 2.44. The van der Waals surface area contributed by atoms with E-state index in [1.807, 2.05) is 6.92 Å². The highest BCUT2D eigenvalue weighted by atomic mass is 16.5. The van der Waals surface area contributed by atoms with Crippen molar-refractivity contribution in [1.82, 2.24) is 10.3 Å². The molecule has 5 nitrogen and oxygen atoms in total. The van der Waals surface area contributed by atoms with Gasteiger partial charge in [0.05, 0.1) is 12.6 Å². The first-order valence-electron chi connectivity index (χ1n) is 5.44. The van der Waals surface area contributed by atoms with Gasteiger partial charge in [-0.05, 0) is 13.0 Å². The molecule has 0 bridgehead atoms. The molecule has 0 saturated heterocycles. The lowest BCUT2D eigenvalue weighted by Crippen LogP contribution is -2.49. The van der Waals surface area contributed by atoms with E-state index >= 15 is 0 Å². The summed E-state index contributed by atoms with van der Waals surface area (Å²) in [6.45, 7) is 6.29. The summed E-state index contributed by atoms with van der Waals surface area (Å²) in [5.74, 6) is 5.05. The first kappa shape index (κ1) is 14.3. The van der Waals surface area contributed by atoms with Gasteiger partial charge in [-0.15, -0.1) is 0 Å².